The number of likely N-dealkylation sites (tertiary alicyclic amines) is 1. The highest BCUT2D eigenvalue weighted by Crippen LogP contribution is 2.37. The van der Waals surface area contributed by atoms with E-state index in [1.54, 1.807) is 6.92 Å². The maximum Gasteiger partial charge on any atom is 0.238 e. The van der Waals surface area contributed by atoms with E-state index < -0.39 is 0 Å². The van der Waals surface area contributed by atoms with E-state index in [9.17, 15) is 9.59 Å². The smallest absolute Gasteiger partial charge is 0.238 e. The topological polar surface area (TPSA) is 88.3 Å². The highest BCUT2D eigenvalue weighted by molar-refractivity contribution is 8.01. The summed E-state index contributed by atoms with van der Waals surface area (Å²) in [4.78, 5) is 32.1. The van der Waals surface area contributed by atoms with Crippen molar-refractivity contribution >= 4 is 29.3 Å². The van der Waals surface area contributed by atoms with Gasteiger partial charge in [-0.3, -0.25) is 9.59 Å². The number of carbonyl (C=O) groups is 2. The van der Waals surface area contributed by atoms with Crippen LogP contribution in [0, 0.1) is 6.92 Å². The molecule has 1 aromatic carbocycles. The molecule has 1 atom stereocenters. The van der Waals surface area contributed by atoms with Gasteiger partial charge >= 0.3 is 0 Å². The molecule has 26 heavy (non-hydrogen) atoms. The number of para-hydroxylation sites is 1. The average Bonchev–Trinajstić information content (AvgIpc) is 3.09. The number of carbonyl (C=O) groups excluding carboxylic acids is 2. The van der Waals surface area contributed by atoms with Crippen molar-refractivity contribution in [3.05, 3.63) is 36.0 Å². The summed E-state index contributed by atoms with van der Waals surface area (Å²) >= 11 is 1.46. The van der Waals surface area contributed by atoms with Gasteiger partial charge in [-0.15, -0.1) is 11.8 Å². The number of benzene rings is 1. The minimum atomic E-state index is -0.381. The first-order valence-electron chi connectivity index (χ1n) is 8.74. The van der Waals surface area contributed by atoms with Gasteiger partial charge in [-0.25, -0.2) is 0 Å². The molecule has 2 aromatic rings. The van der Waals surface area contributed by atoms with Gasteiger partial charge in [0.1, 0.15) is 0 Å². The van der Waals surface area contributed by atoms with Crippen molar-refractivity contribution in [2.75, 3.05) is 18.4 Å². The van der Waals surface area contributed by atoms with Gasteiger partial charge < -0.3 is 14.7 Å². The maximum absolute atomic E-state index is 12.7. The van der Waals surface area contributed by atoms with Gasteiger partial charge in [0.05, 0.1) is 10.9 Å². The molecule has 1 fully saturated rings. The molecule has 0 saturated carbocycles. The van der Waals surface area contributed by atoms with Crippen LogP contribution in [0.1, 0.15) is 36.9 Å². The highest BCUT2D eigenvalue weighted by atomic mass is 32.2. The third-order valence-electron chi connectivity index (χ3n) is 4.81. The molecule has 4 rings (SSSR count). The fourth-order valence-electron chi connectivity index (χ4n) is 3.37. The molecule has 0 spiro atoms. The number of anilines is 1. The molecule has 0 radical (unpaired) electrons. The van der Waals surface area contributed by atoms with Crippen LogP contribution in [0.3, 0.4) is 0 Å². The van der Waals surface area contributed by atoms with Crippen LogP contribution in [0.5, 0.6) is 0 Å². The van der Waals surface area contributed by atoms with Crippen molar-refractivity contribution < 1.29 is 14.1 Å². The van der Waals surface area contributed by atoms with Gasteiger partial charge in [-0.2, -0.15) is 4.98 Å². The number of thioether (sulfide) groups is 1. The molecule has 136 valence electrons. The predicted octanol–water partition coefficient (Wildman–Crippen LogP) is 2.59. The number of fused-ring (bicyclic) bond motifs is 1. The van der Waals surface area contributed by atoms with Crippen molar-refractivity contribution in [2.24, 2.45) is 0 Å². The zero-order valence-corrected chi connectivity index (χ0v) is 15.3. The predicted molar refractivity (Wildman–Crippen MR) is 96.9 cm³/mol. The molecule has 2 amide bonds. The van der Waals surface area contributed by atoms with Gasteiger partial charge in [-0.1, -0.05) is 17.3 Å². The summed E-state index contributed by atoms with van der Waals surface area (Å²) in [5, 5.41) is 6.35. The Labute approximate surface area is 155 Å². The van der Waals surface area contributed by atoms with E-state index in [2.05, 4.69) is 15.5 Å². The monoisotopic (exact) mass is 372 g/mol. The number of hydrogen-bond acceptors (Lipinski definition) is 6. The van der Waals surface area contributed by atoms with Gasteiger partial charge in [0.2, 0.25) is 17.7 Å². The number of aryl methyl sites for hydroxylation is 1. The Hall–Kier alpha value is -2.35. The minimum Gasteiger partial charge on any atom is -0.343 e. The Kier molecular flexibility index (Phi) is 4.67. The largest absolute Gasteiger partial charge is 0.343 e. The van der Waals surface area contributed by atoms with E-state index in [0.717, 1.165) is 23.4 Å². The molecule has 2 aliphatic heterocycles. The summed E-state index contributed by atoms with van der Waals surface area (Å²) in [7, 11) is 0. The van der Waals surface area contributed by atoms with Crippen LogP contribution < -0.4 is 5.32 Å². The Morgan fingerprint density at radius 1 is 1.35 bits per heavy atom. The van der Waals surface area contributed by atoms with E-state index >= 15 is 0 Å². The molecule has 2 aliphatic rings. The second kappa shape index (κ2) is 7.11. The number of nitrogens with one attached hydrogen (secondary N) is 1. The molecule has 8 heteroatoms. The third kappa shape index (κ3) is 3.46. The zero-order chi connectivity index (χ0) is 18.1. The van der Waals surface area contributed by atoms with Gasteiger partial charge in [0.25, 0.3) is 0 Å². The lowest BCUT2D eigenvalue weighted by Gasteiger charge is -2.32. The van der Waals surface area contributed by atoms with Crippen LogP contribution in [-0.4, -0.2) is 45.2 Å². The van der Waals surface area contributed by atoms with Crippen LogP contribution in [0.15, 0.2) is 33.7 Å². The normalized spacial score (nSPS) is 20.6. The third-order valence-corrected chi connectivity index (χ3v) is 6.08. The summed E-state index contributed by atoms with van der Waals surface area (Å²) in [6, 6.07) is 7.67. The molecule has 0 aliphatic carbocycles. The maximum atomic E-state index is 12.7. The molecule has 1 unspecified atom stereocenters. The van der Waals surface area contributed by atoms with Crippen molar-refractivity contribution in [1.29, 1.82) is 0 Å². The standard InChI is InChI=1S/C18H20N4O3S/c1-11-19-18(25-21-11)12-6-8-22(9-7-12)16(23)10-15-17(24)20-13-4-2-3-5-14(13)26-15/h2-5,12,15H,6-10H2,1H3,(H,20,24). The first-order valence-corrected chi connectivity index (χ1v) is 9.62. The van der Waals surface area contributed by atoms with E-state index in [-0.39, 0.29) is 29.4 Å². The van der Waals surface area contributed by atoms with E-state index in [1.807, 2.05) is 29.2 Å². The molecule has 1 saturated heterocycles. The van der Waals surface area contributed by atoms with Gasteiger partial charge in [0.15, 0.2) is 5.82 Å². The molecular weight excluding hydrogens is 352 g/mol. The van der Waals surface area contributed by atoms with Crippen LogP contribution in [0.25, 0.3) is 0 Å². The summed E-state index contributed by atoms with van der Waals surface area (Å²) in [5.41, 5.74) is 0.821. The molecule has 1 N–H and O–H groups in total. The van der Waals surface area contributed by atoms with Crippen molar-refractivity contribution in [3.63, 3.8) is 0 Å². The number of rotatable bonds is 3. The fourth-order valence-corrected chi connectivity index (χ4v) is 4.47. The number of amides is 2. The van der Waals surface area contributed by atoms with Crippen LogP contribution >= 0.6 is 11.8 Å². The molecule has 0 bridgehead atoms. The van der Waals surface area contributed by atoms with E-state index in [4.69, 9.17) is 4.52 Å². The Morgan fingerprint density at radius 2 is 2.12 bits per heavy atom. The summed E-state index contributed by atoms with van der Waals surface area (Å²) in [6.45, 7) is 3.11. The lowest BCUT2D eigenvalue weighted by atomic mass is 9.96. The summed E-state index contributed by atoms with van der Waals surface area (Å²) < 4.78 is 5.25. The second-order valence-electron chi connectivity index (χ2n) is 6.63. The lowest BCUT2D eigenvalue weighted by molar-refractivity contribution is -0.133. The Bertz CT molecular complexity index is 829. The quantitative estimate of drug-likeness (QED) is 0.891. The van der Waals surface area contributed by atoms with Crippen LogP contribution in [-0.2, 0) is 9.59 Å². The van der Waals surface area contributed by atoms with Crippen molar-refractivity contribution in [3.8, 4) is 0 Å². The van der Waals surface area contributed by atoms with Crippen LogP contribution in [0.4, 0.5) is 5.69 Å². The summed E-state index contributed by atoms with van der Waals surface area (Å²) in [6.07, 6.45) is 1.83. The Morgan fingerprint density at radius 3 is 2.85 bits per heavy atom. The minimum absolute atomic E-state index is 0.0252. The van der Waals surface area contributed by atoms with E-state index in [1.165, 1.54) is 11.8 Å². The Balaban J connectivity index is 1.34. The summed E-state index contributed by atoms with van der Waals surface area (Å²) in [5.74, 6) is 1.43. The van der Waals surface area contributed by atoms with Gasteiger partial charge in [0, 0.05) is 30.3 Å². The molecule has 7 nitrogen and oxygen atoms in total. The molecule has 3 heterocycles. The van der Waals surface area contributed by atoms with Crippen molar-refractivity contribution in [1.82, 2.24) is 15.0 Å². The highest BCUT2D eigenvalue weighted by Gasteiger charge is 2.32. The first kappa shape index (κ1) is 17.1. The number of aromatic nitrogens is 2. The van der Waals surface area contributed by atoms with Gasteiger partial charge in [-0.05, 0) is 31.9 Å². The zero-order valence-electron chi connectivity index (χ0n) is 14.5. The molecule has 1 aromatic heterocycles. The fraction of sp³-hybridized carbons (Fsp3) is 0.444. The first-order chi connectivity index (χ1) is 12.6. The number of piperidine rings is 1. The second-order valence-corrected chi connectivity index (χ2v) is 7.88. The van der Waals surface area contributed by atoms with Crippen LogP contribution in [0.2, 0.25) is 0 Å². The number of hydrogen-bond donors (Lipinski definition) is 1. The SMILES string of the molecule is Cc1noc(C2CCN(C(=O)CC3Sc4ccccc4NC3=O)CC2)n1. The lowest BCUT2D eigenvalue weighted by Crippen LogP contribution is -2.41. The average molecular weight is 372 g/mol. The number of nitrogens with zero attached hydrogens (tertiary/aromatic N) is 3. The van der Waals surface area contributed by atoms with Crippen molar-refractivity contribution in [2.45, 2.75) is 42.2 Å². The molecular formula is C18H20N4O3S. The van der Waals surface area contributed by atoms with E-state index in [0.29, 0.717) is 24.8 Å².